The molecule has 1 unspecified atom stereocenters. The van der Waals surface area contributed by atoms with E-state index in [2.05, 4.69) is 4.90 Å². The van der Waals surface area contributed by atoms with Crippen molar-refractivity contribution in [1.29, 1.82) is 0 Å². The number of anilines is 1. The van der Waals surface area contributed by atoms with Gasteiger partial charge in [0.1, 0.15) is 18.3 Å². The van der Waals surface area contributed by atoms with Crippen LogP contribution in [0, 0.1) is 11.7 Å². The summed E-state index contributed by atoms with van der Waals surface area (Å²) >= 11 is 6.28. The molecule has 0 saturated carbocycles. The summed E-state index contributed by atoms with van der Waals surface area (Å²) in [7, 11) is 0. The number of piperidine rings is 1. The number of nitrogen functional groups attached to an aromatic ring is 1. The highest BCUT2D eigenvalue weighted by Crippen LogP contribution is 2.44. The average Bonchev–Trinajstić information content (AvgIpc) is 2.74. The molecule has 2 heterocycles. The predicted molar refractivity (Wildman–Crippen MR) is 118 cm³/mol. The number of carboxylic acids is 1. The average molecular weight is 471 g/mol. The molecule has 3 N–H and O–H groups in total. The van der Waals surface area contributed by atoms with Crippen LogP contribution in [0.5, 0.6) is 5.75 Å². The quantitative estimate of drug-likeness (QED) is 0.496. The third kappa shape index (κ3) is 5.23. The van der Waals surface area contributed by atoms with Gasteiger partial charge in [0.15, 0.2) is 5.75 Å². The molecule has 0 aromatic heterocycles. The molecule has 2 aromatic rings. The molecule has 0 aliphatic carbocycles. The number of carboxylic acid groups (broad SMARTS) is 1. The third-order valence-corrected chi connectivity index (χ3v) is 6.26. The molecule has 0 amide bonds. The molecule has 2 aromatic carbocycles. The van der Waals surface area contributed by atoms with Crippen molar-refractivity contribution in [2.75, 3.05) is 25.4 Å². The highest BCUT2D eigenvalue weighted by Gasteiger charge is 2.35. The van der Waals surface area contributed by atoms with Crippen LogP contribution in [-0.2, 0) is 22.6 Å². The highest BCUT2D eigenvalue weighted by atomic mass is 35.5. The summed E-state index contributed by atoms with van der Waals surface area (Å²) in [5, 5.41) is 9.97. The van der Waals surface area contributed by atoms with Crippen LogP contribution in [-0.4, -0.2) is 35.7 Å². The first-order chi connectivity index (χ1) is 14.4. The Bertz CT molecular complexity index is 934. The molecule has 0 bridgehead atoms. The van der Waals surface area contributed by atoms with E-state index in [9.17, 15) is 14.3 Å². The van der Waals surface area contributed by atoms with Crippen LogP contribution in [0.25, 0.3) is 0 Å². The van der Waals surface area contributed by atoms with E-state index in [1.54, 1.807) is 6.07 Å². The van der Waals surface area contributed by atoms with Gasteiger partial charge in [0, 0.05) is 12.1 Å². The second kappa shape index (κ2) is 10.0. The van der Waals surface area contributed by atoms with Crippen molar-refractivity contribution < 1.29 is 24.1 Å². The van der Waals surface area contributed by atoms with Gasteiger partial charge in [0.2, 0.25) is 0 Å². The van der Waals surface area contributed by atoms with E-state index >= 15 is 0 Å². The zero-order chi connectivity index (χ0) is 21.3. The van der Waals surface area contributed by atoms with E-state index in [1.165, 1.54) is 12.1 Å². The van der Waals surface area contributed by atoms with Crippen LogP contribution in [0.1, 0.15) is 35.4 Å². The summed E-state index contributed by atoms with van der Waals surface area (Å²) in [6, 6.07) is 8.38. The Morgan fingerprint density at radius 3 is 2.58 bits per heavy atom. The summed E-state index contributed by atoms with van der Waals surface area (Å²) in [4.78, 5) is 24.3. The van der Waals surface area contributed by atoms with Crippen LogP contribution >= 0.6 is 24.0 Å². The number of hydrogen-bond donors (Lipinski definition) is 2. The van der Waals surface area contributed by atoms with E-state index in [-0.39, 0.29) is 36.3 Å². The number of nitrogens with two attached hydrogens (primary N) is 1. The molecule has 6 nitrogen and oxygen atoms in total. The van der Waals surface area contributed by atoms with E-state index in [4.69, 9.17) is 27.1 Å². The lowest BCUT2D eigenvalue weighted by atomic mass is 9.84. The van der Waals surface area contributed by atoms with Crippen LogP contribution < -0.4 is 10.6 Å². The van der Waals surface area contributed by atoms with Gasteiger partial charge in [-0.1, -0.05) is 23.7 Å². The lowest BCUT2D eigenvalue weighted by molar-refractivity contribution is -0.222. The number of aliphatic carboxylic acids is 1. The normalized spacial score (nSPS) is 19.2. The van der Waals surface area contributed by atoms with Gasteiger partial charge in [0.05, 0.1) is 10.7 Å². The van der Waals surface area contributed by atoms with Gasteiger partial charge < -0.3 is 15.7 Å². The molecule has 31 heavy (non-hydrogen) atoms. The van der Waals surface area contributed by atoms with Gasteiger partial charge in [-0.05, 0) is 67.6 Å². The van der Waals surface area contributed by atoms with Crippen molar-refractivity contribution >= 4 is 35.7 Å². The van der Waals surface area contributed by atoms with E-state index < -0.39 is 11.9 Å². The Kier molecular flexibility index (Phi) is 7.64. The largest absolute Gasteiger partial charge is 0.481 e. The Morgan fingerprint density at radius 1 is 1.26 bits per heavy atom. The van der Waals surface area contributed by atoms with Crippen molar-refractivity contribution in [2.45, 2.75) is 31.7 Å². The second-order valence-electron chi connectivity index (χ2n) is 7.98. The molecule has 9 heteroatoms. The number of carbonyl (C=O) groups is 1. The number of likely N-dealkylation sites (tertiary alicyclic amines) is 1. The van der Waals surface area contributed by atoms with Crippen LogP contribution in [0.4, 0.5) is 10.1 Å². The van der Waals surface area contributed by atoms with Gasteiger partial charge >= 0.3 is 5.97 Å². The minimum Gasteiger partial charge on any atom is -0.481 e. The number of fused-ring (bicyclic) bond motifs is 1. The molecule has 168 valence electrons. The maximum absolute atomic E-state index is 13.1. The molecule has 0 radical (unpaired) electrons. The Morgan fingerprint density at radius 2 is 1.94 bits per heavy atom. The number of rotatable bonds is 5. The molecule has 2 aliphatic heterocycles. The van der Waals surface area contributed by atoms with Crippen molar-refractivity contribution in [1.82, 2.24) is 4.90 Å². The monoisotopic (exact) mass is 470 g/mol. The summed E-state index contributed by atoms with van der Waals surface area (Å²) in [5.74, 6) is -1.41. The topological polar surface area (TPSA) is 85.0 Å². The summed E-state index contributed by atoms with van der Waals surface area (Å²) in [6.07, 6.45) is 2.67. The molecular weight excluding hydrogens is 446 g/mol. The Labute approximate surface area is 191 Å². The maximum atomic E-state index is 13.1. The zero-order valence-corrected chi connectivity index (χ0v) is 18.4. The summed E-state index contributed by atoms with van der Waals surface area (Å²) < 4.78 is 13.1. The maximum Gasteiger partial charge on any atom is 0.313 e. The first-order valence-corrected chi connectivity index (χ1v) is 10.4. The minimum atomic E-state index is -0.975. The summed E-state index contributed by atoms with van der Waals surface area (Å²) in [5.41, 5.74) is 8.74. The Balaban J connectivity index is 0.00000272. The van der Waals surface area contributed by atoms with Crippen molar-refractivity contribution in [3.63, 3.8) is 0 Å². The van der Waals surface area contributed by atoms with Gasteiger partial charge in [-0.2, -0.15) is 4.89 Å². The smallest absolute Gasteiger partial charge is 0.313 e. The molecule has 1 saturated heterocycles. The van der Waals surface area contributed by atoms with Crippen molar-refractivity contribution in [3.8, 4) is 5.75 Å². The lowest BCUT2D eigenvalue weighted by Crippen LogP contribution is -2.34. The van der Waals surface area contributed by atoms with Crippen LogP contribution in [0.2, 0.25) is 5.02 Å². The van der Waals surface area contributed by atoms with Gasteiger partial charge in [-0.15, -0.1) is 12.4 Å². The number of nitrogens with zero attached hydrogens (tertiary/aromatic N) is 1. The molecule has 4 rings (SSSR count). The molecule has 1 fully saturated rings. The fourth-order valence-electron chi connectivity index (χ4n) is 4.30. The minimum absolute atomic E-state index is 0. The lowest BCUT2D eigenvalue weighted by Gasteiger charge is -2.33. The third-order valence-electron chi connectivity index (χ3n) is 5.95. The molecule has 2 aliphatic rings. The van der Waals surface area contributed by atoms with Gasteiger partial charge in [0.25, 0.3) is 0 Å². The second-order valence-corrected chi connectivity index (χ2v) is 8.39. The molecular formula is C22H25Cl2FN2O4. The van der Waals surface area contributed by atoms with Gasteiger partial charge in [-0.3, -0.25) is 9.69 Å². The SMILES string of the molecule is Cl.Nc1c(Cl)cc(CC2CCN(Cc3ccc(F)cc3)CC2)c2c1OOCC2C(=O)O. The first-order valence-electron chi connectivity index (χ1n) is 10.0. The van der Waals surface area contributed by atoms with E-state index in [1.807, 2.05) is 12.1 Å². The van der Waals surface area contributed by atoms with Crippen LogP contribution in [0.3, 0.4) is 0 Å². The molecule has 0 spiro atoms. The first kappa shape index (κ1) is 23.6. The number of benzene rings is 2. The molecule has 1 atom stereocenters. The standard InChI is InChI=1S/C22H24ClFN2O4.ClH/c23-18-10-15(19-17(22(27)28)12-29-30-21(19)20(18)25)9-13-5-7-26(8-6-13)11-14-1-3-16(24)4-2-14;/h1-4,10,13,17H,5-9,11-12,25H2,(H,27,28);1H. The highest BCUT2D eigenvalue weighted by molar-refractivity contribution is 6.33. The fraction of sp³-hybridized carbons (Fsp3) is 0.409. The van der Waals surface area contributed by atoms with Crippen LogP contribution in [0.15, 0.2) is 30.3 Å². The van der Waals surface area contributed by atoms with Crippen molar-refractivity contribution in [3.05, 3.63) is 57.9 Å². The predicted octanol–water partition coefficient (Wildman–Crippen LogP) is 4.43. The van der Waals surface area contributed by atoms with E-state index in [0.717, 1.165) is 43.6 Å². The fourth-order valence-corrected chi connectivity index (χ4v) is 4.51. The number of halogens is 3. The number of hydrogen-bond acceptors (Lipinski definition) is 5. The summed E-state index contributed by atoms with van der Waals surface area (Å²) in [6.45, 7) is 2.58. The Hall–Kier alpha value is -2.06. The van der Waals surface area contributed by atoms with Crippen molar-refractivity contribution in [2.24, 2.45) is 5.92 Å². The zero-order valence-electron chi connectivity index (χ0n) is 16.9. The van der Waals surface area contributed by atoms with Gasteiger partial charge in [-0.25, -0.2) is 4.39 Å². The van der Waals surface area contributed by atoms with E-state index in [0.29, 0.717) is 22.9 Å².